The largest absolute Gasteiger partial charge is 0.493 e. The third-order valence-corrected chi connectivity index (χ3v) is 3.23. The van der Waals surface area contributed by atoms with Gasteiger partial charge in [0.1, 0.15) is 11.3 Å². The molecule has 0 bridgehead atoms. The van der Waals surface area contributed by atoms with Crippen LogP contribution in [0.5, 0.6) is 5.75 Å². The standard InChI is InChI=1S/C16H14N2O4/c1-20-13-6-2-4-10-8-12(15(17)22-14(10)13)16(19)18-9-11-5-3-7-21-11/h2-8,17H,9H2,1H3,(H,18,19). The van der Waals surface area contributed by atoms with E-state index in [9.17, 15) is 4.79 Å². The molecule has 1 aromatic carbocycles. The van der Waals surface area contributed by atoms with Crippen LogP contribution in [0.4, 0.5) is 0 Å². The summed E-state index contributed by atoms with van der Waals surface area (Å²) in [6.07, 6.45) is 1.54. The number of amides is 1. The average molecular weight is 298 g/mol. The number of fused-ring (bicyclic) bond motifs is 1. The van der Waals surface area contributed by atoms with Gasteiger partial charge in [-0.1, -0.05) is 12.1 Å². The number of nitrogens with one attached hydrogen (secondary N) is 2. The smallest absolute Gasteiger partial charge is 0.257 e. The number of carbonyl (C=O) groups is 1. The summed E-state index contributed by atoms with van der Waals surface area (Å²) in [6.45, 7) is 0.251. The lowest BCUT2D eigenvalue weighted by Crippen LogP contribution is -2.27. The Morgan fingerprint density at radius 2 is 2.18 bits per heavy atom. The second-order valence-corrected chi connectivity index (χ2v) is 4.63. The quantitative estimate of drug-likeness (QED) is 0.774. The molecule has 3 rings (SSSR count). The minimum absolute atomic E-state index is 0.160. The number of hydrogen-bond acceptors (Lipinski definition) is 5. The van der Waals surface area contributed by atoms with Crippen molar-refractivity contribution in [1.29, 1.82) is 5.41 Å². The maximum atomic E-state index is 12.2. The first-order valence-electron chi connectivity index (χ1n) is 6.65. The number of benzene rings is 1. The van der Waals surface area contributed by atoms with Crippen LogP contribution >= 0.6 is 0 Å². The molecule has 0 fully saturated rings. The summed E-state index contributed by atoms with van der Waals surface area (Å²) in [5.41, 5.74) is 0.388. The van der Waals surface area contributed by atoms with Crippen molar-refractivity contribution in [2.45, 2.75) is 6.54 Å². The zero-order valence-corrected chi connectivity index (χ0v) is 11.9. The molecule has 0 unspecified atom stereocenters. The summed E-state index contributed by atoms with van der Waals surface area (Å²) >= 11 is 0. The molecule has 6 nitrogen and oxygen atoms in total. The van der Waals surface area contributed by atoms with Gasteiger partial charge >= 0.3 is 0 Å². The lowest BCUT2D eigenvalue weighted by molar-refractivity contribution is 0.0943. The molecule has 2 N–H and O–H groups in total. The van der Waals surface area contributed by atoms with Crippen LogP contribution in [-0.4, -0.2) is 13.0 Å². The molecule has 0 spiro atoms. The number of hydrogen-bond donors (Lipinski definition) is 2. The van der Waals surface area contributed by atoms with Crippen molar-refractivity contribution in [3.05, 3.63) is 59.5 Å². The number of rotatable bonds is 4. The molecule has 2 aromatic heterocycles. The third-order valence-electron chi connectivity index (χ3n) is 3.23. The number of carbonyl (C=O) groups excluding carboxylic acids is 1. The highest BCUT2D eigenvalue weighted by atomic mass is 16.5. The maximum Gasteiger partial charge on any atom is 0.257 e. The van der Waals surface area contributed by atoms with Crippen molar-refractivity contribution in [3.63, 3.8) is 0 Å². The maximum absolute atomic E-state index is 12.2. The molecule has 2 heterocycles. The van der Waals surface area contributed by atoms with Gasteiger partial charge < -0.3 is 18.9 Å². The lowest BCUT2D eigenvalue weighted by atomic mass is 10.1. The van der Waals surface area contributed by atoms with Gasteiger partial charge in [0.05, 0.1) is 19.9 Å². The van der Waals surface area contributed by atoms with E-state index in [1.165, 1.54) is 13.4 Å². The molecule has 112 valence electrons. The molecule has 3 aromatic rings. The predicted octanol–water partition coefficient (Wildman–Crippen LogP) is 2.44. The topological polar surface area (TPSA) is 88.5 Å². The summed E-state index contributed by atoms with van der Waals surface area (Å²) in [5.74, 6) is 0.766. The minimum atomic E-state index is -0.394. The van der Waals surface area contributed by atoms with Crippen LogP contribution in [-0.2, 0) is 6.54 Å². The Morgan fingerprint density at radius 3 is 2.91 bits per heavy atom. The zero-order chi connectivity index (χ0) is 15.5. The van der Waals surface area contributed by atoms with Crippen molar-refractivity contribution < 1.29 is 18.4 Å². The predicted molar refractivity (Wildman–Crippen MR) is 78.5 cm³/mol. The summed E-state index contributed by atoms with van der Waals surface area (Å²) in [4.78, 5) is 12.2. The highest BCUT2D eigenvalue weighted by molar-refractivity contribution is 5.97. The molecular weight excluding hydrogens is 284 g/mol. The van der Waals surface area contributed by atoms with Crippen molar-refractivity contribution in [2.75, 3.05) is 7.11 Å². The highest BCUT2D eigenvalue weighted by Gasteiger charge is 2.13. The van der Waals surface area contributed by atoms with E-state index in [0.717, 1.165) is 0 Å². The molecule has 0 atom stereocenters. The first-order valence-corrected chi connectivity index (χ1v) is 6.65. The van der Waals surface area contributed by atoms with Gasteiger partial charge in [-0.3, -0.25) is 10.2 Å². The van der Waals surface area contributed by atoms with E-state index >= 15 is 0 Å². The molecule has 1 amide bonds. The van der Waals surface area contributed by atoms with Crippen LogP contribution < -0.4 is 15.6 Å². The van der Waals surface area contributed by atoms with E-state index in [4.69, 9.17) is 19.0 Å². The molecule has 0 saturated carbocycles. The summed E-state index contributed by atoms with van der Waals surface area (Å²) in [7, 11) is 1.53. The molecule has 22 heavy (non-hydrogen) atoms. The van der Waals surface area contributed by atoms with E-state index in [0.29, 0.717) is 22.5 Å². The van der Waals surface area contributed by atoms with Crippen LogP contribution in [0, 0.1) is 5.41 Å². The van der Waals surface area contributed by atoms with Gasteiger partial charge in [0, 0.05) is 5.39 Å². The Hall–Kier alpha value is -3.02. The highest BCUT2D eigenvalue weighted by Crippen LogP contribution is 2.24. The average Bonchev–Trinajstić information content (AvgIpc) is 3.05. The van der Waals surface area contributed by atoms with Gasteiger partial charge in [-0.15, -0.1) is 0 Å². The summed E-state index contributed by atoms with van der Waals surface area (Å²) in [6, 6.07) is 10.4. The minimum Gasteiger partial charge on any atom is -0.493 e. The molecular formula is C16H14N2O4. The van der Waals surface area contributed by atoms with Crippen LogP contribution in [0.2, 0.25) is 0 Å². The van der Waals surface area contributed by atoms with E-state index in [-0.39, 0.29) is 17.7 Å². The van der Waals surface area contributed by atoms with Crippen molar-refractivity contribution in [3.8, 4) is 5.75 Å². The molecule has 0 aliphatic carbocycles. The Bertz CT molecular complexity index is 865. The number of ether oxygens (including phenoxy) is 1. The van der Waals surface area contributed by atoms with Gasteiger partial charge in [-0.25, -0.2) is 0 Å². The van der Waals surface area contributed by atoms with E-state index < -0.39 is 5.91 Å². The molecule has 0 aliphatic rings. The van der Waals surface area contributed by atoms with Crippen LogP contribution in [0.25, 0.3) is 11.0 Å². The number of para-hydroxylation sites is 1. The fraction of sp³-hybridized carbons (Fsp3) is 0.125. The monoisotopic (exact) mass is 298 g/mol. The third kappa shape index (κ3) is 2.58. The van der Waals surface area contributed by atoms with Gasteiger partial charge in [0.15, 0.2) is 11.3 Å². The first kappa shape index (κ1) is 13.9. The van der Waals surface area contributed by atoms with Crippen molar-refractivity contribution in [2.24, 2.45) is 0 Å². The van der Waals surface area contributed by atoms with E-state index in [1.807, 2.05) is 0 Å². The van der Waals surface area contributed by atoms with E-state index in [2.05, 4.69) is 5.32 Å². The second kappa shape index (κ2) is 5.77. The van der Waals surface area contributed by atoms with Crippen LogP contribution in [0.1, 0.15) is 16.1 Å². The van der Waals surface area contributed by atoms with E-state index in [1.54, 1.807) is 36.4 Å². The SMILES string of the molecule is COc1cccc2cc(C(=O)NCc3ccco3)c(=N)oc12. The molecule has 0 radical (unpaired) electrons. The van der Waals surface area contributed by atoms with Crippen molar-refractivity contribution in [1.82, 2.24) is 5.32 Å². The number of methoxy groups -OCH3 is 1. The number of furan rings is 1. The first-order chi connectivity index (χ1) is 10.7. The lowest BCUT2D eigenvalue weighted by Gasteiger charge is -2.07. The summed E-state index contributed by atoms with van der Waals surface area (Å²) < 4.78 is 15.8. The molecule has 0 saturated heterocycles. The second-order valence-electron chi connectivity index (χ2n) is 4.63. The van der Waals surface area contributed by atoms with Crippen LogP contribution in [0.15, 0.2) is 51.5 Å². The fourth-order valence-electron chi connectivity index (χ4n) is 2.14. The molecule has 6 heteroatoms. The summed E-state index contributed by atoms with van der Waals surface area (Å²) in [5, 5.41) is 11.3. The normalized spacial score (nSPS) is 10.6. The molecule has 0 aliphatic heterocycles. The Balaban J connectivity index is 1.92. The van der Waals surface area contributed by atoms with Crippen molar-refractivity contribution >= 4 is 16.9 Å². The van der Waals surface area contributed by atoms with Gasteiger partial charge in [0.2, 0.25) is 5.55 Å². The van der Waals surface area contributed by atoms with Crippen LogP contribution in [0.3, 0.4) is 0 Å². The Labute approximate surface area is 125 Å². The fourth-order valence-corrected chi connectivity index (χ4v) is 2.14. The van der Waals surface area contributed by atoms with Gasteiger partial charge in [-0.05, 0) is 24.3 Å². The zero-order valence-electron chi connectivity index (χ0n) is 11.9. The van der Waals surface area contributed by atoms with Gasteiger partial charge in [-0.2, -0.15) is 0 Å². The van der Waals surface area contributed by atoms with Gasteiger partial charge in [0.25, 0.3) is 5.91 Å². The Morgan fingerprint density at radius 1 is 1.32 bits per heavy atom. The Kier molecular flexibility index (Phi) is 3.65.